The van der Waals surface area contributed by atoms with E-state index >= 15 is 0 Å². The van der Waals surface area contributed by atoms with Crippen molar-refractivity contribution in [2.75, 3.05) is 33.4 Å². The molecule has 1 aliphatic heterocycles. The summed E-state index contributed by atoms with van der Waals surface area (Å²) in [6.07, 6.45) is 1.53. The molecule has 20 heavy (non-hydrogen) atoms. The second kappa shape index (κ2) is 8.97. The van der Waals surface area contributed by atoms with Gasteiger partial charge in [-0.2, -0.15) is 0 Å². The number of amides is 1. The molecule has 1 fully saturated rings. The lowest BCUT2D eigenvalue weighted by molar-refractivity contribution is 0.0963. The van der Waals surface area contributed by atoms with E-state index in [2.05, 4.69) is 10.6 Å². The van der Waals surface area contributed by atoms with E-state index in [0.717, 1.165) is 12.8 Å². The van der Waals surface area contributed by atoms with Crippen molar-refractivity contribution in [2.45, 2.75) is 38.8 Å². The lowest BCUT2D eigenvalue weighted by Gasteiger charge is -2.32. The molecule has 2 N–H and O–H groups in total. The van der Waals surface area contributed by atoms with E-state index in [1.807, 2.05) is 13.8 Å². The summed E-state index contributed by atoms with van der Waals surface area (Å²) in [7, 11) is 1.67. The number of thiocarbonyl (C=S) groups is 1. The molecule has 7 heteroatoms. The molecule has 0 aromatic heterocycles. The minimum atomic E-state index is -0.222. The van der Waals surface area contributed by atoms with Crippen LogP contribution >= 0.6 is 12.2 Å². The number of carbonyl (C=O) groups excluding carboxylic acids is 1. The van der Waals surface area contributed by atoms with Gasteiger partial charge >= 0.3 is 6.09 Å². The van der Waals surface area contributed by atoms with Crippen LogP contribution in [0.25, 0.3) is 0 Å². The molecule has 0 spiro atoms. The smallest absolute Gasteiger partial charge is 0.409 e. The topological polar surface area (TPSA) is 62.8 Å². The third kappa shape index (κ3) is 5.92. The summed E-state index contributed by atoms with van der Waals surface area (Å²) in [4.78, 5) is 13.3. The zero-order valence-corrected chi connectivity index (χ0v) is 13.3. The Morgan fingerprint density at radius 2 is 2.10 bits per heavy atom. The lowest BCUT2D eigenvalue weighted by Crippen LogP contribution is -2.51. The second-order valence-electron chi connectivity index (χ2n) is 4.93. The standard InChI is InChI=1S/C13H25N3O3S/c1-4-19-13(17)16-7-5-11(6-8-16)15-12(20)14-10(2)9-18-3/h10-11H,4-9H2,1-3H3,(H2,14,15,20). The number of piperidine rings is 1. The fraction of sp³-hybridized carbons (Fsp3) is 0.846. The summed E-state index contributed by atoms with van der Waals surface area (Å²) in [6.45, 7) is 6.27. The van der Waals surface area contributed by atoms with E-state index < -0.39 is 0 Å². The average molecular weight is 303 g/mol. The highest BCUT2D eigenvalue weighted by Gasteiger charge is 2.23. The Morgan fingerprint density at radius 3 is 2.65 bits per heavy atom. The SMILES string of the molecule is CCOC(=O)N1CCC(NC(=S)NC(C)COC)CC1. The second-order valence-corrected chi connectivity index (χ2v) is 5.34. The van der Waals surface area contributed by atoms with Crippen LogP contribution in [-0.2, 0) is 9.47 Å². The number of likely N-dealkylation sites (tertiary alicyclic amines) is 1. The van der Waals surface area contributed by atoms with Crippen LogP contribution in [0.4, 0.5) is 4.79 Å². The molecule has 1 heterocycles. The molecule has 6 nitrogen and oxygen atoms in total. The number of hydrogen-bond donors (Lipinski definition) is 2. The fourth-order valence-electron chi connectivity index (χ4n) is 2.16. The van der Waals surface area contributed by atoms with Crippen LogP contribution in [0.2, 0.25) is 0 Å². The molecule has 1 atom stereocenters. The van der Waals surface area contributed by atoms with Crippen molar-refractivity contribution in [2.24, 2.45) is 0 Å². The Labute approximate surface area is 126 Å². The van der Waals surface area contributed by atoms with Gasteiger partial charge in [0, 0.05) is 32.3 Å². The minimum absolute atomic E-state index is 0.180. The number of ether oxygens (including phenoxy) is 2. The normalized spacial score (nSPS) is 17.4. The van der Waals surface area contributed by atoms with Crippen LogP contribution in [0.15, 0.2) is 0 Å². The maximum atomic E-state index is 11.6. The molecular weight excluding hydrogens is 278 g/mol. The Balaban J connectivity index is 2.25. The first kappa shape index (κ1) is 17.0. The monoisotopic (exact) mass is 303 g/mol. The van der Waals surface area contributed by atoms with Crippen molar-refractivity contribution in [3.8, 4) is 0 Å². The number of methoxy groups -OCH3 is 1. The lowest BCUT2D eigenvalue weighted by atomic mass is 10.1. The van der Waals surface area contributed by atoms with Crippen molar-refractivity contribution < 1.29 is 14.3 Å². The average Bonchev–Trinajstić information content (AvgIpc) is 2.39. The minimum Gasteiger partial charge on any atom is -0.450 e. The summed E-state index contributed by atoms with van der Waals surface area (Å²) in [6, 6.07) is 0.482. The van der Waals surface area contributed by atoms with Crippen LogP contribution in [0.3, 0.4) is 0 Å². The highest BCUT2D eigenvalue weighted by atomic mass is 32.1. The van der Waals surface area contributed by atoms with Gasteiger partial charge in [-0.15, -0.1) is 0 Å². The number of carbonyl (C=O) groups is 1. The third-order valence-electron chi connectivity index (χ3n) is 3.15. The number of nitrogens with zero attached hydrogens (tertiary/aromatic N) is 1. The molecular formula is C13H25N3O3S. The van der Waals surface area contributed by atoms with E-state index in [9.17, 15) is 4.79 Å². The van der Waals surface area contributed by atoms with Gasteiger partial charge in [-0.25, -0.2) is 4.79 Å². The first-order valence-electron chi connectivity index (χ1n) is 7.04. The van der Waals surface area contributed by atoms with Crippen LogP contribution < -0.4 is 10.6 Å². The van der Waals surface area contributed by atoms with E-state index in [1.54, 1.807) is 12.0 Å². The molecule has 0 radical (unpaired) electrons. The molecule has 0 bridgehead atoms. The summed E-state index contributed by atoms with van der Waals surface area (Å²) in [5.74, 6) is 0. The van der Waals surface area contributed by atoms with E-state index in [4.69, 9.17) is 21.7 Å². The molecule has 1 aliphatic rings. The molecule has 1 unspecified atom stereocenters. The summed E-state index contributed by atoms with van der Waals surface area (Å²) in [5.41, 5.74) is 0. The van der Waals surface area contributed by atoms with Gasteiger partial charge in [-0.05, 0) is 38.9 Å². The van der Waals surface area contributed by atoms with Gasteiger partial charge in [-0.1, -0.05) is 0 Å². The Kier molecular flexibility index (Phi) is 7.61. The van der Waals surface area contributed by atoms with Crippen LogP contribution in [-0.4, -0.2) is 61.6 Å². The van der Waals surface area contributed by atoms with Crippen molar-refractivity contribution in [3.05, 3.63) is 0 Å². The van der Waals surface area contributed by atoms with Gasteiger partial charge < -0.3 is 25.0 Å². The van der Waals surface area contributed by atoms with Gasteiger partial charge in [0.15, 0.2) is 5.11 Å². The Hall–Kier alpha value is -1.08. The first-order chi connectivity index (χ1) is 9.56. The number of rotatable bonds is 5. The zero-order chi connectivity index (χ0) is 15.0. The van der Waals surface area contributed by atoms with E-state index in [0.29, 0.717) is 37.5 Å². The molecule has 0 aromatic carbocycles. The van der Waals surface area contributed by atoms with Crippen molar-refractivity contribution in [1.82, 2.24) is 15.5 Å². The molecule has 0 aliphatic carbocycles. The molecule has 1 rings (SSSR count). The van der Waals surface area contributed by atoms with Crippen molar-refractivity contribution >= 4 is 23.4 Å². The van der Waals surface area contributed by atoms with Gasteiger partial charge in [0.25, 0.3) is 0 Å². The fourth-order valence-corrected chi connectivity index (χ4v) is 2.53. The van der Waals surface area contributed by atoms with Crippen molar-refractivity contribution in [1.29, 1.82) is 0 Å². The summed E-state index contributed by atoms with van der Waals surface area (Å²) in [5, 5.41) is 7.10. The zero-order valence-electron chi connectivity index (χ0n) is 12.5. The van der Waals surface area contributed by atoms with Crippen LogP contribution in [0.1, 0.15) is 26.7 Å². The largest absolute Gasteiger partial charge is 0.450 e. The third-order valence-corrected chi connectivity index (χ3v) is 3.39. The predicted octanol–water partition coefficient (Wildman–Crippen LogP) is 1.11. The molecule has 0 aromatic rings. The Bertz CT molecular complexity index is 320. The van der Waals surface area contributed by atoms with Gasteiger partial charge in [0.05, 0.1) is 13.2 Å². The van der Waals surface area contributed by atoms with Gasteiger partial charge in [0.2, 0.25) is 0 Å². The molecule has 0 saturated carbocycles. The first-order valence-corrected chi connectivity index (χ1v) is 7.45. The van der Waals surface area contributed by atoms with Crippen LogP contribution in [0, 0.1) is 0 Å². The summed E-state index contributed by atoms with van der Waals surface area (Å²) < 4.78 is 10.0. The van der Waals surface area contributed by atoms with E-state index in [1.165, 1.54) is 0 Å². The van der Waals surface area contributed by atoms with Gasteiger partial charge in [-0.3, -0.25) is 0 Å². The Morgan fingerprint density at radius 1 is 1.45 bits per heavy atom. The highest BCUT2D eigenvalue weighted by Crippen LogP contribution is 2.11. The maximum absolute atomic E-state index is 11.6. The number of nitrogens with one attached hydrogen (secondary N) is 2. The maximum Gasteiger partial charge on any atom is 0.409 e. The summed E-state index contributed by atoms with van der Waals surface area (Å²) >= 11 is 5.26. The molecule has 1 amide bonds. The number of hydrogen-bond acceptors (Lipinski definition) is 4. The predicted molar refractivity (Wildman–Crippen MR) is 81.8 cm³/mol. The quantitative estimate of drug-likeness (QED) is 0.742. The van der Waals surface area contributed by atoms with E-state index in [-0.39, 0.29) is 12.1 Å². The highest BCUT2D eigenvalue weighted by molar-refractivity contribution is 7.80. The molecule has 116 valence electrons. The van der Waals surface area contributed by atoms with Gasteiger partial charge in [0.1, 0.15) is 0 Å². The van der Waals surface area contributed by atoms with Crippen molar-refractivity contribution in [3.63, 3.8) is 0 Å². The van der Waals surface area contributed by atoms with Crippen LogP contribution in [0.5, 0.6) is 0 Å². The molecule has 1 saturated heterocycles.